The van der Waals surface area contributed by atoms with Crippen LogP contribution in [0.25, 0.3) is 0 Å². The molecule has 0 aliphatic rings. The number of alkyl halides is 3. The fourth-order valence-corrected chi connectivity index (χ4v) is 0.710. The van der Waals surface area contributed by atoms with Gasteiger partial charge in [0.1, 0.15) is 12.2 Å². The summed E-state index contributed by atoms with van der Waals surface area (Å²) in [6.45, 7) is -0.834. The highest BCUT2D eigenvalue weighted by Gasteiger charge is 2.44. The van der Waals surface area contributed by atoms with Crippen molar-refractivity contribution in [1.82, 2.24) is 0 Å². The van der Waals surface area contributed by atoms with Crippen LogP contribution in [-0.2, 0) is 9.53 Å². The molecule has 2 atom stereocenters. The average molecular weight is 186 g/mol. The molecule has 0 aromatic carbocycles. The quantitative estimate of drug-likeness (QED) is 0.645. The van der Waals surface area contributed by atoms with E-state index in [1.807, 2.05) is 0 Å². The molecule has 0 aliphatic carbocycles. The van der Waals surface area contributed by atoms with Crippen molar-refractivity contribution < 1.29 is 27.8 Å². The maximum atomic E-state index is 11.9. The van der Waals surface area contributed by atoms with Gasteiger partial charge in [0.05, 0.1) is 12.7 Å². The molecule has 0 heterocycles. The standard InChI is InChI=1S/C6H9F3O3/c1-12-5(3-11)4(2-10)6(7,8)9/h2,4-5,11H,3H2,1H3/t4-,5-/m1/s1. The van der Waals surface area contributed by atoms with Gasteiger partial charge in [-0.15, -0.1) is 0 Å². The van der Waals surface area contributed by atoms with Crippen molar-refractivity contribution in [2.45, 2.75) is 12.3 Å². The van der Waals surface area contributed by atoms with Crippen LogP contribution in [0.2, 0.25) is 0 Å². The largest absolute Gasteiger partial charge is 0.400 e. The van der Waals surface area contributed by atoms with Gasteiger partial charge in [-0.3, -0.25) is 0 Å². The summed E-state index contributed by atoms with van der Waals surface area (Å²) >= 11 is 0. The molecular weight excluding hydrogens is 177 g/mol. The lowest BCUT2D eigenvalue weighted by Gasteiger charge is -2.21. The van der Waals surface area contributed by atoms with Gasteiger partial charge in [-0.1, -0.05) is 0 Å². The highest BCUT2D eigenvalue weighted by Crippen LogP contribution is 2.28. The molecule has 72 valence electrons. The second-order valence-corrected chi connectivity index (χ2v) is 2.16. The molecule has 0 aromatic rings. The van der Waals surface area contributed by atoms with E-state index in [1.54, 1.807) is 0 Å². The number of methoxy groups -OCH3 is 1. The molecule has 0 bridgehead atoms. The number of ether oxygens (including phenoxy) is 1. The molecule has 0 rings (SSSR count). The first-order valence-electron chi connectivity index (χ1n) is 3.13. The summed E-state index contributed by atoms with van der Waals surface area (Å²) < 4.78 is 40.0. The maximum absolute atomic E-state index is 11.9. The van der Waals surface area contributed by atoms with E-state index in [4.69, 9.17) is 5.11 Å². The van der Waals surface area contributed by atoms with Crippen LogP contribution < -0.4 is 0 Å². The summed E-state index contributed by atoms with van der Waals surface area (Å²) in [5.74, 6) is -2.26. The molecule has 0 fully saturated rings. The predicted molar refractivity (Wildman–Crippen MR) is 33.5 cm³/mol. The van der Waals surface area contributed by atoms with Crippen LogP contribution in [-0.4, -0.2) is 37.4 Å². The Bertz CT molecular complexity index is 141. The van der Waals surface area contributed by atoms with Crippen LogP contribution in [0.1, 0.15) is 0 Å². The topological polar surface area (TPSA) is 46.5 Å². The highest BCUT2D eigenvalue weighted by molar-refractivity contribution is 5.55. The Kier molecular flexibility index (Phi) is 4.19. The molecular formula is C6H9F3O3. The fourth-order valence-electron chi connectivity index (χ4n) is 0.710. The van der Waals surface area contributed by atoms with E-state index in [0.29, 0.717) is 0 Å². The number of aliphatic hydroxyl groups is 1. The zero-order valence-corrected chi connectivity index (χ0v) is 6.34. The van der Waals surface area contributed by atoms with Crippen LogP contribution in [0, 0.1) is 5.92 Å². The van der Waals surface area contributed by atoms with Crippen molar-refractivity contribution in [3.63, 3.8) is 0 Å². The summed E-state index contributed by atoms with van der Waals surface area (Å²) in [5.41, 5.74) is 0. The first-order valence-corrected chi connectivity index (χ1v) is 3.13. The Morgan fingerprint density at radius 2 is 2.08 bits per heavy atom. The zero-order chi connectivity index (χ0) is 9.78. The Morgan fingerprint density at radius 1 is 1.58 bits per heavy atom. The summed E-state index contributed by atoms with van der Waals surface area (Å²) in [5, 5.41) is 8.41. The zero-order valence-electron chi connectivity index (χ0n) is 6.34. The summed E-state index contributed by atoms with van der Waals surface area (Å²) in [4.78, 5) is 10.00. The van der Waals surface area contributed by atoms with E-state index in [1.165, 1.54) is 0 Å². The van der Waals surface area contributed by atoms with E-state index >= 15 is 0 Å². The number of aliphatic hydroxyl groups excluding tert-OH is 1. The molecule has 6 heteroatoms. The SMILES string of the molecule is CO[C@H](CO)[C@@H](C=O)C(F)(F)F. The van der Waals surface area contributed by atoms with Gasteiger partial charge in [0.25, 0.3) is 0 Å². The monoisotopic (exact) mass is 186 g/mol. The van der Waals surface area contributed by atoms with Gasteiger partial charge in [0.15, 0.2) is 0 Å². The van der Waals surface area contributed by atoms with Crippen molar-refractivity contribution in [3.8, 4) is 0 Å². The lowest BCUT2D eigenvalue weighted by atomic mass is 10.0. The second kappa shape index (κ2) is 4.42. The average Bonchev–Trinajstić information content (AvgIpc) is 1.97. The highest BCUT2D eigenvalue weighted by atomic mass is 19.4. The summed E-state index contributed by atoms with van der Waals surface area (Å²) in [6.07, 6.45) is -6.45. The van der Waals surface area contributed by atoms with Crippen molar-refractivity contribution in [1.29, 1.82) is 0 Å². The van der Waals surface area contributed by atoms with Crippen LogP contribution in [0.4, 0.5) is 13.2 Å². The van der Waals surface area contributed by atoms with E-state index in [0.717, 1.165) is 7.11 Å². The molecule has 0 aliphatic heterocycles. The number of carbonyl (C=O) groups excluding carboxylic acids is 1. The Labute approximate surface area is 67.1 Å². The molecule has 0 aromatic heterocycles. The maximum Gasteiger partial charge on any atom is 0.400 e. The molecule has 0 saturated carbocycles. The smallest absolute Gasteiger partial charge is 0.394 e. The number of aldehydes is 1. The summed E-state index contributed by atoms with van der Waals surface area (Å²) in [7, 11) is 1.00. The van der Waals surface area contributed by atoms with E-state index < -0.39 is 24.8 Å². The third-order valence-electron chi connectivity index (χ3n) is 1.41. The Morgan fingerprint density at radius 3 is 2.17 bits per heavy atom. The van der Waals surface area contributed by atoms with Gasteiger partial charge >= 0.3 is 6.18 Å². The van der Waals surface area contributed by atoms with Gasteiger partial charge in [0, 0.05) is 7.11 Å². The predicted octanol–water partition coefficient (Wildman–Crippen LogP) is 0.371. The van der Waals surface area contributed by atoms with Crippen LogP contribution >= 0.6 is 0 Å². The lowest BCUT2D eigenvalue weighted by molar-refractivity contribution is -0.201. The van der Waals surface area contributed by atoms with Crippen molar-refractivity contribution in [2.24, 2.45) is 5.92 Å². The molecule has 1 N–H and O–H groups in total. The third-order valence-corrected chi connectivity index (χ3v) is 1.41. The lowest BCUT2D eigenvalue weighted by Crippen LogP contribution is -2.38. The molecule has 0 amide bonds. The van der Waals surface area contributed by atoms with Crippen LogP contribution in [0.3, 0.4) is 0 Å². The van der Waals surface area contributed by atoms with Crippen LogP contribution in [0.15, 0.2) is 0 Å². The van der Waals surface area contributed by atoms with Gasteiger partial charge in [-0.05, 0) is 0 Å². The van der Waals surface area contributed by atoms with Crippen molar-refractivity contribution in [2.75, 3.05) is 13.7 Å². The number of carbonyl (C=O) groups is 1. The number of hydrogen-bond acceptors (Lipinski definition) is 3. The number of rotatable bonds is 4. The van der Waals surface area contributed by atoms with Gasteiger partial charge < -0.3 is 14.6 Å². The number of halogens is 3. The minimum absolute atomic E-state index is 0.273. The van der Waals surface area contributed by atoms with Crippen LogP contribution in [0.5, 0.6) is 0 Å². The Balaban J connectivity index is 4.41. The first-order chi connectivity index (χ1) is 5.47. The molecule has 3 nitrogen and oxygen atoms in total. The molecule has 0 spiro atoms. The molecule has 0 unspecified atom stereocenters. The number of hydrogen-bond donors (Lipinski definition) is 1. The van der Waals surface area contributed by atoms with Crippen molar-refractivity contribution in [3.05, 3.63) is 0 Å². The minimum Gasteiger partial charge on any atom is -0.394 e. The molecule has 0 radical (unpaired) electrons. The van der Waals surface area contributed by atoms with Gasteiger partial charge in [0.2, 0.25) is 0 Å². The molecule has 0 saturated heterocycles. The van der Waals surface area contributed by atoms with E-state index in [2.05, 4.69) is 4.74 Å². The summed E-state index contributed by atoms with van der Waals surface area (Å²) in [6, 6.07) is 0. The van der Waals surface area contributed by atoms with E-state index in [9.17, 15) is 18.0 Å². The van der Waals surface area contributed by atoms with Crippen molar-refractivity contribution >= 4 is 6.29 Å². The van der Waals surface area contributed by atoms with E-state index in [-0.39, 0.29) is 6.29 Å². The minimum atomic E-state index is -4.66. The molecule has 12 heavy (non-hydrogen) atoms. The Hall–Kier alpha value is -0.620. The fraction of sp³-hybridized carbons (Fsp3) is 0.833. The normalized spacial score (nSPS) is 17.1. The van der Waals surface area contributed by atoms with Gasteiger partial charge in [-0.25, -0.2) is 0 Å². The third kappa shape index (κ3) is 2.78. The first kappa shape index (κ1) is 11.4. The van der Waals surface area contributed by atoms with Gasteiger partial charge in [-0.2, -0.15) is 13.2 Å². The second-order valence-electron chi connectivity index (χ2n) is 2.16.